The third-order valence-corrected chi connectivity index (χ3v) is 3.81. The minimum Gasteiger partial charge on any atom is -0.469 e. The van der Waals surface area contributed by atoms with E-state index in [1.165, 1.54) is 20.0 Å². The van der Waals surface area contributed by atoms with Crippen LogP contribution in [0.25, 0.3) is 0 Å². The smallest absolute Gasteiger partial charge is 0.309 e. The van der Waals surface area contributed by atoms with Crippen molar-refractivity contribution in [3.63, 3.8) is 0 Å². The van der Waals surface area contributed by atoms with Gasteiger partial charge in [-0.05, 0) is 45.3 Å². The van der Waals surface area contributed by atoms with E-state index in [9.17, 15) is 4.79 Å². The molecule has 0 aromatic rings. The van der Waals surface area contributed by atoms with Gasteiger partial charge in [0.25, 0.3) is 0 Å². The zero-order chi connectivity index (χ0) is 11.4. The van der Waals surface area contributed by atoms with E-state index in [1.54, 1.807) is 0 Å². The number of piperidine rings is 2. The van der Waals surface area contributed by atoms with Crippen LogP contribution in [0, 0.1) is 5.92 Å². The first-order valence-corrected chi connectivity index (χ1v) is 6.34. The summed E-state index contributed by atoms with van der Waals surface area (Å²) in [4.78, 5) is 14.0. The van der Waals surface area contributed by atoms with Crippen molar-refractivity contribution >= 4 is 5.97 Å². The Balaban J connectivity index is 1.87. The van der Waals surface area contributed by atoms with Crippen LogP contribution in [-0.4, -0.2) is 50.2 Å². The highest BCUT2D eigenvalue weighted by atomic mass is 16.5. The molecule has 2 aliphatic rings. The highest BCUT2D eigenvalue weighted by Crippen LogP contribution is 2.22. The number of ether oxygens (including phenoxy) is 1. The van der Waals surface area contributed by atoms with Gasteiger partial charge in [-0.2, -0.15) is 0 Å². The number of nitrogens with one attached hydrogen (secondary N) is 1. The van der Waals surface area contributed by atoms with Crippen LogP contribution in [0.1, 0.15) is 25.7 Å². The number of likely N-dealkylation sites (tertiary alicyclic amines) is 1. The van der Waals surface area contributed by atoms with Crippen LogP contribution in [0.15, 0.2) is 0 Å². The van der Waals surface area contributed by atoms with Crippen LogP contribution in [0.4, 0.5) is 0 Å². The summed E-state index contributed by atoms with van der Waals surface area (Å²) in [6.45, 7) is 4.28. The molecule has 2 heterocycles. The van der Waals surface area contributed by atoms with Gasteiger partial charge in [-0.3, -0.25) is 9.69 Å². The lowest BCUT2D eigenvalue weighted by atomic mass is 9.94. The van der Waals surface area contributed by atoms with Gasteiger partial charge in [0, 0.05) is 12.6 Å². The van der Waals surface area contributed by atoms with Crippen molar-refractivity contribution in [3.8, 4) is 0 Å². The number of nitrogens with zero attached hydrogens (tertiary/aromatic N) is 1. The quantitative estimate of drug-likeness (QED) is 0.701. The zero-order valence-corrected chi connectivity index (χ0v) is 10.1. The normalized spacial score (nSPS) is 28.9. The summed E-state index contributed by atoms with van der Waals surface area (Å²) in [5, 5.41) is 3.38. The standard InChI is InChI=1S/C12H22N2O2/c1-16-12(15)10-3-2-8-14(9-10)11-4-6-13-7-5-11/h10-11,13H,2-9H2,1H3/t10-/m0/s1. The summed E-state index contributed by atoms with van der Waals surface area (Å²) in [6.07, 6.45) is 4.56. The average Bonchev–Trinajstić information content (AvgIpc) is 2.39. The molecule has 0 amide bonds. The molecule has 1 N–H and O–H groups in total. The SMILES string of the molecule is COC(=O)[C@H]1CCCN(C2CCNCC2)C1. The topological polar surface area (TPSA) is 41.6 Å². The Hall–Kier alpha value is -0.610. The molecule has 2 rings (SSSR count). The van der Waals surface area contributed by atoms with Gasteiger partial charge in [0.2, 0.25) is 0 Å². The molecular formula is C12H22N2O2. The van der Waals surface area contributed by atoms with E-state index in [2.05, 4.69) is 10.2 Å². The fourth-order valence-electron chi connectivity index (χ4n) is 2.87. The molecule has 0 aromatic carbocycles. The highest BCUT2D eigenvalue weighted by Gasteiger charge is 2.30. The average molecular weight is 226 g/mol. The van der Waals surface area contributed by atoms with Crippen molar-refractivity contribution in [3.05, 3.63) is 0 Å². The minimum absolute atomic E-state index is 0.0290. The fourth-order valence-corrected chi connectivity index (χ4v) is 2.87. The molecule has 1 atom stereocenters. The van der Waals surface area contributed by atoms with Crippen molar-refractivity contribution in [1.82, 2.24) is 10.2 Å². The lowest BCUT2D eigenvalue weighted by molar-refractivity contribution is -0.147. The minimum atomic E-state index is -0.0290. The Kier molecular flexibility index (Phi) is 4.18. The van der Waals surface area contributed by atoms with Gasteiger partial charge in [0.05, 0.1) is 13.0 Å². The van der Waals surface area contributed by atoms with Gasteiger partial charge in [-0.25, -0.2) is 0 Å². The van der Waals surface area contributed by atoms with Gasteiger partial charge in [-0.1, -0.05) is 0 Å². The zero-order valence-electron chi connectivity index (χ0n) is 10.1. The predicted molar refractivity (Wildman–Crippen MR) is 62.2 cm³/mol. The van der Waals surface area contributed by atoms with Crippen molar-refractivity contribution in [1.29, 1.82) is 0 Å². The molecule has 2 saturated heterocycles. The molecular weight excluding hydrogens is 204 g/mol. The maximum Gasteiger partial charge on any atom is 0.309 e. The van der Waals surface area contributed by atoms with E-state index in [-0.39, 0.29) is 11.9 Å². The number of rotatable bonds is 2. The van der Waals surface area contributed by atoms with Crippen molar-refractivity contribution in [2.45, 2.75) is 31.7 Å². The van der Waals surface area contributed by atoms with E-state index in [4.69, 9.17) is 4.74 Å². The molecule has 4 nitrogen and oxygen atoms in total. The number of esters is 1. The largest absolute Gasteiger partial charge is 0.469 e. The number of hydrogen-bond acceptors (Lipinski definition) is 4. The van der Waals surface area contributed by atoms with E-state index in [1.807, 2.05) is 0 Å². The van der Waals surface area contributed by atoms with Gasteiger partial charge in [-0.15, -0.1) is 0 Å². The van der Waals surface area contributed by atoms with E-state index >= 15 is 0 Å². The Labute approximate surface area is 97.3 Å². The molecule has 4 heteroatoms. The van der Waals surface area contributed by atoms with Crippen LogP contribution in [0.3, 0.4) is 0 Å². The van der Waals surface area contributed by atoms with E-state index in [0.717, 1.165) is 39.0 Å². The van der Waals surface area contributed by atoms with E-state index < -0.39 is 0 Å². The van der Waals surface area contributed by atoms with Crippen molar-refractivity contribution in [2.75, 3.05) is 33.3 Å². The molecule has 0 bridgehead atoms. The van der Waals surface area contributed by atoms with E-state index in [0.29, 0.717) is 6.04 Å². The molecule has 92 valence electrons. The second-order valence-electron chi connectivity index (χ2n) is 4.84. The lowest BCUT2D eigenvalue weighted by Crippen LogP contribution is -2.48. The van der Waals surface area contributed by atoms with Crippen molar-refractivity contribution < 1.29 is 9.53 Å². The van der Waals surface area contributed by atoms with Crippen LogP contribution >= 0.6 is 0 Å². The number of methoxy groups -OCH3 is 1. The Morgan fingerprint density at radius 3 is 2.75 bits per heavy atom. The summed E-state index contributed by atoms with van der Waals surface area (Å²) in [6, 6.07) is 0.675. The molecule has 0 spiro atoms. The van der Waals surface area contributed by atoms with Crippen LogP contribution in [0.2, 0.25) is 0 Å². The molecule has 2 aliphatic heterocycles. The maximum absolute atomic E-state index is 11.5. The summed E-state index contributed by atoms with van der Waals surface area (Å²) in [7, 11) is 1.49. The van der Waals surface area contributed by atoms with Crippen LogP contribution in [0.5, 0.6) is 0 Å². The van der Waals surface area contributed by atoms with Crippen LogP contribution < -0.4 is 5.32 Å². The molecule has 16 heavy (non-hydrogen) atoms. The van der Waals surface area contributed by atoms with Crippen LogP contribution in [-0.2, 0) is 9.53 Å². The van der Waals surface area contributed by atoms with Crippen molar-refractivity contribution in [2.24, 2.45) is 5.92 Å². The van der Waals surface area contributed by atoms with Gasteiger partial charge < -0.3 is 10.1 Å². The second kappa shape index (κ2) is 5.64. The summed E-state index contributed by atoms with van der Waals surface area (Å²) in [5.74, 6) is 0.0762. The third-order valence-electron chi connectivity index (χ3n) is 3.81. The number of carbonyl (C=O) groups is 1. The Bertz CT molecular complexity index is 239. The third kappa shape index (κ3) is 2.74. The lowest BCUT2D eigenvalue weighted by Gasteiger charge is -2.39. The Morgan fingerprint density at radius 1 is 1.31 bits per heavy atom. The Morgan fingerprint density at radius 2 is 2.06 bits per heavy atom. The van der Waals surface area contributed by atoms with Gasteiger partial charge in [0.1, 0.15) is 0 Å². The maximum atomic E-state index is 11.5. The van der Waals surface area contributed by atoms with Gasteiger partial charge in [0.15, 0.2) is 0 Å². The molecule has 0 aromatic heterocycles. The highest BCUT2D eigenvalue weighted by molar-refractivity contribution is 5.72. The summed E-state index contributed by atoms with van der Waals surface area (Å²) in [5.41, 5.74) is 0. The predicted octanol–water partition coefficient (Wildman–Crippen LogP) is 0.623. The summed E-state index contributed by atoms with van der Waals surface area (Å²) >= 11 is 0. The molecule has 0 aliphatic carbocycles. The fraction of sp³-hybridized carbons (Fsp3) is 0.917. The monoisotopic (exact) mass is 226 g/mol. The molecule has 0 radical (unpaired) electrons. The summed E-state index contributed by atoms with van der Waals surface area (Å²) < 4.78 is 4.85. The second-order valence-corrected chi connectivity index (χ2v) is 4.84. The molecule has 0 unspecified atom stereocenters. The van der Waals surface area contributed by atoms with Gasteiger partial charge >= 0.3 is 5.97 Å². The first-order chi connectivity index (χ1) is 7.81. The molecule has 2 fully saturated rings. The first kappa shape index (κ1) is 11.9. The number of carbonyl (C=O) groups excluding carboxylic acids is 1. The molecule has 0 saturated carbocycles. The number of hydrogen-bond donors (Lipinski definition) is 1. The first-order valence-electron chi connectivity index (χ1n) is 6.34.